The Morgan fingerprint density at radius 1 is 0.967 bits per heavy atom. The lowest BCUT2D eigenvalue weighted by Gasteiger charge is -2.33. The minimum absolute atomic E-state index is 0.132. The number of carbonyl (C=O) groups is 2. The van der Waals surface area contributed by atoms with Crippen LogP contribution in [0.2, 0.25) is 0 Å². The van der Waals surface area contributed by atoms with Gasteiger partial charge >= 0.3 is 5.97 Å². The molecule has 0 radical (unpaired) electrons. The molecule has 0 aromatic heterocycles. The van der Waals surface area contributed by atoms with Crippen LogP contribution >= 0.6 is 0 Å². The summed E-state index contributed by atoms with van der Waals surface area (Å²) >= 11 is 0. The Kier molecular flexibility index (Phi) is 7.05. The van der Waals surface area contributed by atoms with E-state index in [9.17, 15) is 18.0 Å². The molecule has 0 saturated heterocycles. The van der Waals surface area contributed by atoms with Crippen molar-refractivity contribution < 1.29 is 22.7 Å². The second kappa shape index (κ2) is 9.71. The molecule has 0 spiro atoms. The number of carbonyl (C=O) groups excluding carboxylic acids is 2. The van der Waals surface area contributed by atoms with Gasteiger partial charge in [0.25, 0.3) is 0 Å². The van der Waals surface area contributed by atoms with E-state index in [0.29, 0.717) is 19.4 Å². The lowest BCUT2D eigenvalue weighted by molar-refractivity contribution is -0.145. The molecule has 2 atom stereocenters. The van der Waals surface area contributed by atoms with E-state index >= 15 is 0 Å². The lowest BCUT2D eigenvalue weighted by Crippen LogP contribution is -2.43. The highest BCUT2D eigenvalue weighted by Gasteiger charge is 2.30. The van der Waals surface area contributed by atoms with Gasteiger partial charge in [-0.05, 0) is 36.6 Å². The van der Waals surface area contributed by atoms with Gasteiger partial charge in [0.2, 0.25) is 5.91 Å². The van der Waals surface area contributed by atoms with Gasteiger partial charge in [0, 0.05) is 13.5 Å². The molecule has 3 rings (SSSR count). The predicted molar refractivity (Wildman–Crippen MR) is 113 cm³/mol. The molecular weight excluding hydrogens is 402 g/mol. The van der Waals surface area contributed by atoms with Gasteiger partial charge in [0.05, 0.1) is 10.9 Å². The minimum Gasteiger partial charge on any atom is -0.458 e. The fourth-order valence-corrected chi connectivity index (χ4v) is 4.71. The molecule has 30 heavy (non-hydrogen) atoms. The number of esters is 1. The Hall–Kier alpha value is -2.93. The zero-order valence-electron chi connectivity index (χ0n) is 16.8. The summed E-state index contributed by atoms with van der Waals surface area (Å²) in [6, 6.07) is 17.2. The van der Waals surface area contributed by atoms with Crippen LogP contribution in [-0.2, 0) is 30.7 Å². The maximum Gasteiger partial charge on any atom is 0.303 e. The van der Waals surface area contributed by atoms with Crippen LogP contribution in [0, 0.1) is 0 Å². The van der Waals surface area contributed by atoms with E-state index in [0.717, 1.165) is 5.56 Å². The Morgan fingerprint density at radius 3 is 2.17 bits per heavy atom. The van der Waals surface area contributed by atoms with Crippen LogP contribution in [0.5, 0.6) is 0 Å². The second-order valence-corrected chi connectivity index (χ2v) is 9.25. The van der Waals surface area contributed by atoms with Crippen LogP contribution in [0.25, 0.3) is 0 Å². The van der Waals surface area contributed by atoms with Crippen LogP contribution in [0.4, 0.5) is 0 Å². The average Bonchev–Trinajstić information content (AvgIpc) is 2.73. The Balaban J connectivity index is 1.81. The van der Waals surface area contributed by atoms with Crippen molar-refractivity contribution in [1.82, 2.24) is 4.90 Å². The van der Waals surface area contributed by atoms with Crippen LogP contribution < -0.4 is 0 Å². The molecule has 0 bridgehead atoms. The van der Waals surface area contributed by atoms with Gasteiger partial charge in [0.1, 0.15) is 11.9 Å². The molecule has 0 heterocycles. The topological polar surface area (TPSA) is 80.8 Å². The summed E-state index contributed by atoms with van der Waals surface area (Å²) in [5.74, 6) is -1.40. The summed E-state index contributed by atoms with van der Waals surface area (Å²) < 4.78 is 30.7. The Bertz CT molecular complexity index is 1000. The summed E-state index contributed by atoms with van der Waals surface area (Å²) in [5.41, 5.74) is 0.915. The average molecular weight is 428 g/mol. The van der Waals surface area contributed by atoms with E-state index in [-0.39, 0.29) is 23.0 Å². The molecule has 0 saturated carbocycles. The molecule has 0 unspecified atom stereocenters. The van der Waals surface area contributed by atoms with Gasteiger partial charge in [-0.1, -0.05) is 54.6 Å². The molecule has 6 nitrogen and oxygen atoms in total. The number of ether oxygens (including phenoxy) is 1. The zero-order valence-corrected chi connectivity index (χ0v) is 17.6. The third-order valence-corrected chi connectivity index (χ3v) is 6.56. The van der Waals surface area contributed by atoms with Crippen molar-refractivity contribution in [2.24, 2.45) is 0 Å². The molecule has 158 valence electrons. The summed E-state index contributed by atoms with van der Waals surface area (Å²) in [4.78, 5) is 26.0. The monoisotopic (exact) mass is 427 g/mol. The highest BCUT2D eigenvalue weighted by molar-refractivity contribution is 7.92. The summed E-state index contributed by atoms with van der Waals surface area (Å²) in [7, 11) is -3.75. The van der Waals surface area contributed by atoms with Gasteiger partial charge < -0.3 is 9.64 Å². The summed E-state index contributed by atoms with van der Waals surface area (Å²) in [6.07, 6.45) is 4.43. The van der Waals surface area contributed by atoms with Crippen LogP contribution in [-0.4, -0.2) is 43.1 Å². The lowest BCUT2D eigenvalue weighted by atomic mass is 9.98. The Morgan fingerprint density at radius 2 is 1.60 bits per heavy atom. The van der Waals surface area contributed by atoms with Gasteiger partial charge in [-0.15, -0.1) is 0 Å². The molecule has 0 N–H and O–H groups in total. The first-order valence-electron chi connectivity index (χ1n) is 9.82. The van der Waals surface area contributed by atoms with Gasteiger partial charge in [0.15, 0.2) is 9.84 Å². The first kappa shape index (κ1) is 21.8. The van der Waals surface area contributed by atoms with E-state index in [4.69, 9.17) is 4.74 Å². The van der Waals surface area contributed by atoms with Crippen molar-refractivity contribution in [1.29, 1.82) is 0 Å². The maximum atomic E-state index is 13.1. The van der Waals surface area contributed by atoms with Crippen molar-refractivity contribution >= 4 is 21.7 Å². The van der Waals surface area contributed by atoms with Crippen molar-refractivity contribution in [2.75, 3.05) is 5.75 Å². The molecular formula is C23H25NO5S. The van der Waals surface area contributed by atoms with Gasteiger partial charge in [-0.2, -0.15) is 0 Å². The maximum absolute atomic E-state index is 13.1. The number of hydrogen-bond donors (Lipinski definition) is 0. The normalized spacial score (nSPS) is 18.6. The van der Waals surface area contributed by atoms with Crippen molar-refractivity contribution in [2.45, 2.75) is 43.4 Å². The fourth-order valence-electron chi connectivity index (χ4n) is 3.48. The van der Waals surface area contributed by atoms with Crippen molar-refractivity contribution in [3.63, 3.8) is 0 Å². The molecule has 2 aromatic carbocycles. The second-order valence-electron chi connectivity index (χ2n) is 7.26. The van der Waals surface area contributed by atoms with Gasteiger partial charge in [-0.3, -0.25) is 9.59 Å². The number of nitrogens with zero attached hydrogens (tertiary/aromatic N) is 1. The number of rotatable bonds is 7. The first-order chi connectivity index (χ1) is 14.3. The van der Waals surface area contributed by atoms with E-state index in [1.165, 1.54) is 19.1 Å². The molecule has 2 aromatic rings. The smallest absolute Gasteiger partial charge is 0.303 e. The van der Waals surface area contributed by atoms with E-state index in [2.05, 4.69) is 0 Å². The predicted octanol–water partition coefficient (Wildman–Crippen LogP) is 3.14. The number of amides is 1. The third-order valence-electron chi connectivity index (χ3n) is 4.94. The third kappa shape index (κ3) is 5.79. The van der Waals surface area contributed by atoms with Crippen LogP contribution in [0.1, 0.15) is 25.3 Å². The molecule has 7 heteroatoms. The van der Waals surface area contributed by atoms with Gasteiger partial charge in [-0.25, -0.2) is 8.42 Å². The molecule has 1 aliphatic carbocycles. The van der Waals surface area contributed by atoms with E-state index in [1.54, 1.807) is 29.2 Å². The number of benzene rings is 2. The van der Waals surface area contributed by atoms with Crippen LogP contribution in [0.15, 0.2) is 77.7 Å². The molecule has 1 aliphatic rings. The highest BCUT2D eigenvalue weighted by atomic mass is 32.2. The minimum atomic E-state index is -3.75. The molecule has 1 amide bonds. The number of sulfone groups is 1. The Labute approximate surface area is 177 Å². The standard InChI is InChI=1S/C23H25NO5S/c1-18(25)29-21-14-12-20(13-15-21)24(16-19-8-4-2-5-9-19)23(26)17-30(27,28)22-10-6-3-7-11-22/h2-12,14,20-21H,13,15-17H2,1H3/t20-,21-/m1/s1. The van der Waals surface area contributed by atoms with Crippen molar-refractivity contribution in [3.8, 4) is 0 Å². The van der Waals surface area contributed by atoms with E-state index < -0.39 is 21.5 Å². The largest absolute Gasteiger partial charge is 0.458 e. The fraction of sp³-hybridized carbons (Fsp3) is 0.304. The summed E-state index contributed by atoms with van der Waals surface area (Å²) in [6.45, 7) is 1.66. The molecule has 0 fully saturated rings. The van der Waals surface area contributed by atoms with Crippen LogP contribution in [0.3, 0.4) is 0 Å². The SMILES string of the molecule is CC(=O)O[C@@H]1C=C[C@@H](N(Cc2ccccc2)C(=O)CS(=O)(=O)c2ccccc2)CC1. The highest BCUT2D eigenvalue weighted by Crippen LogP contribution is 2.22. The van der Waals surface area contributed by atoms with Crippen molar-refractivity contribution in [3.05, 3.63) is 78.4 Å². The molecule has 0 aliphatic heterocycles. The zero-order chi connectivity index (χ0) is 21.6. The summed E-state index contributed by atoms with van der Waals surface area (Å²) in [5, 5.41) is 0. The quantitative estimate of drug-likeness (QED) is 0.501. The first-order valence-corrected chi connectivity index (χ1v) is 11.5. The van der Waals surface area contributed by atoms with E-state index in [1.807, 2.05) is 36.4 Å². The number of hydrogen-bond acceptors (Lipinski definition) is 5.